The van der Waals surface area contributed by atoms with Crippen LogP contribution in [0.25, 0.3) is 0 Å². The van der Waals surface area contributed by atoms with Crippen molar-refractivity contribution < 1.29 is 8.42 Å². The van der Waals surface area contributed by atoms with Gasteiger partial charge < -0.3 is 0 Å². The van der Waals surface area contributed by atoms with Crippen LogP contribution in [0.1, 0.15) is 50.8 Å². The first-order chi connectivity index (χ1) is 9.49. The van der Waals surface area contributed by atoms with Crippen molar-refractivity contribution in [2.75, 3.05) is 0 Å². The van der Waals surface area contributed by atoms with Gasteiger partial charge in [-0.1, -0.05) is 32.9 Å². The van der Waals surface area contributed by atoms with Crippen LogP contribution in [0.4, 0.5) is 0 Å². The maximum absolute atomic E-state index is 12.5. The van der Waals surface area contributed by atoms with E-state index < -0.39 is 16.1 Å². The van der Waals surface area contributed by atoms with Crippen LogP contribution in [-0.4, -0.2) is 14.5 Å². The number of hydrogen-bond acceptors (Lipinski definition) is 3. The van der Waals surface area contributed by atoms with Crippen molar-refractivity contribution in [2.45, 2.75) is 64.3 Å². The van der Waals surface area contributed by atoms with Crippen molar-refractivity contribution in [2.24, 2.45) is 0 Å². The molecular formula is C16H24N2O2S. The van der Waals surface area contributed by atoms with Gasteiger partial charge in [0.1, 0.15) is 0 Å². The highest BCUT2D eigenvalue weighted by atomic mass is 32.2. The number of nitrogens with one attached hydrogen (secondary N) is 1. The summed E-state index contributed by atoms with van der Waals surface area (Å²) in [6.45, 7) is 11.6. The van der Waals surface area contributed by atoms with E-state index in [1.807, 2.05) is 32.0 Å². The maximum Gasteiger partial charge on any atom is 0.241 e. The zero-order chi connectivity index (χ0) is 16.4. The lowest BCUT2D eigenvalue weighted by Crippen LogP contribution is -2.33. The maximum atomic E-state index is 12.5. The molecule has 1 aromatic rings. The van der Waals surface area contributed by atoms with Crippen LogP contribution in [0.15, 0.2) is 17.0 Å². The molecule has 0 aromatic heterocycles. The van der Waals surface area contributed by atoms with Crippen LogP contribution < -0.4 is 4.72 Å². The summed E-state index contributed by atoms with van der Waals surface area (Å²) in [5.41, 5.74) is 2.55. The molecule has 1 atom stereocenters. The summed E-state index contributed by atoms with van der Waals surface area (Å²) in [6.07, 6.45) is 0.150. The molecule has 116 valence electrons. The summed E-state index contributed by atoms with van der Waals surface area (Å²) in [5, 5.41) is 8.65. The van der Waals surface area contributed by atoms with Gasteiger partial charge in [-0.15, -0.1) is 0 Å². The van der Waals surface area contributed by atoms with Crippen LogP contribution in [0.3, 0.4) is 0 Å². The topological polar surface area (TPSA) is 70.0 Å². The second-order valence-electron chi connectivity index (χ2n) is 6.57. The average Bonchev–Trinajstić information content (AvgIpc) is 2.25. The van der Waals surface area contributed by atoms with E-state index in [0.29, 0.717) is 4.90 Å². The van der Waals surface area contributed by atoms with E-state index in [4.69, 9.17) is 5.26 Å². The first-order valence-electron chi connectivity index (χ1n) is 7.00. The summed E-state index contributed by atoms with van der Waals surface area (Å²) in [5.74, 6) is 0. The molecule has 4 nitrogen and oxygen atoms in total. The van der Waals surface area contributed by atoms with Crippen molar-refractivity contribution >= 4 is 10.0 Å². The number of sulfonamides is 1. The smallest absolute Gasteiger partial charge is 0.207 e. The van der Waals surface area contributed by atoms with Gasteiger partial charge in [-0.2, -0.15) is 5.26 Å². The van der Waals surface area contributed by atoms with Crippen molar-refractivity contribution in [3.63, 3.8) is 0 Å². The van der Waals surface area contributed by atoms with E-state index >= 15 is 0 Å². The van der Waals surface area contributed by atoms with Gasteiger partial charge >= 0.3 is 0 Å². The molecule has 1 N–H and O–H groups in total. The standard InChI is InChI=1S/C16H24N2O2S/c1-11-9-14(16(4,5)6)10-12(2)15(11)21(19,20)18-13(3)7-8-17/h9-10,13,18H,7H2,1-6H3. The Morgan fingerprint density at radius 1 is 1.24 bits per heavy atom. The van der Waals surface area contributed by atoms with Crippen LogP contribution >= 0.6 is 0 Å². The van der Waals surface area contributed by atoms with Gasteiger partial charge in [0.2, 0.25) is 10.0 Å². The SMILES string of the molecule is Cc1cc(C(C)(C)C)cc(C)c1S(=O)(=O)NC(C)CC#N. The van der Waals surface area contributed by atoms with Gasteiger partial charge in [0.05, 0.1) is 17.4 Å². The molecule has 0 aliphatic rings. The average molecular weight is 308 g/mol. The molecule has 0 saturated carbocycles. The third kappa shape index (κ3) is 4.29. The van der Waals surface area contributed by atoms with Crippen molar-refractivity contribution in [1.82, 2.24) is 4.72 Å². The highest BCUT2D eigenvalue weighted by molar-refractivity contribution is 7.89. The van der Waals surface area contributed by atoms with Gasteiger partial charge in [0.25, 0.3) is 0 Å². The van der Waals surface area contributed by atoms with Crippen LogP contribution in [0, 0.1) is 25.2 Å². The molecule has 0 amide bonds. The first-order valence-corrected chi connectivity index (χ1v) is 8.48. The minimum atomic E-state index is -3.61. The molecule has 0 radical (unpaired) electrons. The summed E-state index contributed by atoms with van der Waals surface area (Å²) < 4.78 is 27.6. The van der Waals surface area contributed by atoms with Crippen LogP contribution in [0.2, 0.25) is 0 Å². The normalized spacial score (nSPS) is 13.8. The van der Waals surface area contributed by atoms with E-state index in [2.05, 4.69) is 25.5 Å². The molecule has 0 aliphatic carbocycles. The Morgan fingerprint density at radius 2 is 1.71 bits per heavy atom. The monoisotopic (exact) mass is 308 g/mol. The Bertz CT molecular complexity index is 641. The molecule has 1 aromatic carbocycles. The van der Waals surface area contributed by atoms with Crippen molar-refractivity contribution in [1.29, 1.82) is 5.26 Å². The molecule has 0 saturated heterocycles. The number of hydrogen-bond donors (Lipinski definition) is 1. The molecule has 1 rings (SSSR count). The van der Waals surface area contributed by atoms with E-state index in [9.17, 15) is 8.42 Å². The van der Waals surface area contributed by atoms with E-state index in [1.165, 1.54) is 0 Å². The molecular weight excluding hydrogens is 284 g/mol. The predicted octanol–water partition coefficient (Wildman–Crippen LogP) is 3.18. The van der Waals surface area contributed by atoms with Gasteiger partial charge in [0.15, 0.2) is 0 Å². The summed E-state index contributed by atoms with van der Waals surface area (Å²) >= 11 is 0. The Hall–Kier alpha value is -1.38. The van der Waals surface area contributed by atoms with Crippen molar-refractivity contribution in [3.8, 4) is 6.07 Å². The largest absolute Gasteiger partial charge is 0.241 e. The lowest BCUT2D eigenvalue weighted by atomic mass is 9.85. The zero-order valence-corrected chi connectivity index (χ0v) is 14.4. The third-order valence-corrected chi connectivity index (χ3v) is 5.24. The molecule has 1 unspecified atom stereocenters. The lowest BCUT2D eigenvalue weighted by Gasteiger charge is -2.23. The molecule has 5 heteroatoms. The second kappa shape index (κ2) is 6.17. The minimum Gasteiger partial charge on any atom is -0.207 e. The predicted molar refractivity (Wildman–Crippen MR) is 84.6 cm³/mol. The highest BCUT2D eigenvalue weighted by Gasteiger charge is 2.24. The number of nitriles is 1. The number of nitrogens with zero attached hydrogens (tertiary/aromatic N) is 1. The van der Waals surface area contributed by atoms with Crippen LogP contribution in [0.5, 0.6) is 0 Å². The van der Waals surface area contributed by atoms with E-state index in [0.717, 1.165) is 16.7 Å². The number of benzene rings is 1. The zero-order valence-electron chi connectivity index (χ0n) is 13.6. The quantitative estimate of drug-likeness (QED) is 0.928. The van der Waals surface area contributed by atoms with E-state index in [-0.39, 0.29) is 11.8 Å². The molecule has 0 fully saturated rings. The summed E-state index contributed by atoms with van der Waals surface area (Å²) in [4.78, 5) is 0.320. The third-order valence-electron chi connectivity index (χ3n) is 3.35. The molecule has 0 bridgehead atoms. The fraction of sp³-hybridized carbons (Fsp3) is 0.562. The fourth-order valence-electron chi connectivity index (χ4n) is 2.31. The number of aryl methyl sites for hydroxylation is 2. The lowest BCUT2D eigenvalue weighted by molar-refractivity contribution is 0.560. The summed E-state index contributed by atoms with van der Waals surface area (Å²) in [6, 6.07) is 5.43. The Balaban J connectivity index is 3.29. The van der Waals surface area contributed by atoms with Gasteiger partial charge in [-0.25, -0.2) is 13.1 Å². The molecule has 21 heavy (non-hydrogen) atoms. The first kappa shape index (κ1) is 17.7. The van der Waals surface area contributed by atoms with Crippen molar-refractivity contribution in [3.05, 3.63) is 28.8 Å². The number of rotatable bonds is 4. The summed E-state index contributed by atoms with van der Waals surface area (Å²) in [7, 11) is -3.61. The fourth-order valence-corrected chi connectivity index (χ4v) is 4.01. The minimum absolute atomic E-state index is 0.0284. The molecule has 0 spiro atoms. The van der Waals surface area contributed by atoms with E-state index in [1.54, 1.807) is 6.92 Å². The van der Waals surface area contributed by atoms with Gasteiger partial charge in [-0.3, -0.25) is 0 Å². The van der Waals surface area contributed by atoms with Gasteiger partial charge in [-0.05, 0) is 42.9 Å². The Labute approximate surface area is 128 Å². The molecule has 0 aliphatic heterocycles. The highest BCUT2D eigenvalue weighted by Crippen LogP contribution is 2.29. The Kier molecular flexibility index (Phi) is 5.19. The molecule has 0 heterocycles. The second-order valence-corrected chi connectivity index (χ2v) is 8.22. The van der Waals surface area contributed by atoms with Crippen LogP contribution in [-0.2, 0) is 15.4 Å². The Morgan fingerprint density at radius 3 is 2.10 bits per heavy atom. The van der Waals surface area contributed by atoms with Gasteiger partial charge in [0, 0.05) is 6.04 Å².